The molecule has 124 valence electrons. The molecule has 0 saturated carbocycles. The number of amides is 2. The molecule has 1 heterocycles. The predicted molar refractivity (Wildman–Crippen MR) is 95.8 cm³/mol. The molecule has 0 radical (unpaired) electrons. The van der Waals surface area contributed by atoms with Crippen LogP contribution in [-0.4, -0.2) is 34.7 Å². The Kier molecular flexibility index (Phi) is 6.44. The Balaban J connectivity index is 1.84. The molecule has 0 atom stereocenters. The van der Waals surface area contributed by atoms with E-state index < -0.39 is 11.8 Å². The highest BCUT2D eigenvalue weighted by Gasteiger charge is 2.07. The van der Waals surface area contributed by atoms with Gasteiger partial charge in [0.05, 0.1) is 27.3 Å². The van der Waals surface area contributed by atoms with E-state index in [1.165, 1.54) is 12.4 Å². The fraction of sp³-hybridized carbons (Fsp3) is 0.0667. The van der Waals surface area contributed by atoms with Crippen LogP contribution in [0.15, 0.2) is 50.7 Å². The van der Waals surface area contributed by atoms with Crippen molar-refractivity contribution in [3.05, 3.63) is 56.7 Å². The highest BCUT2D eigenvalue weighted by Crippen LogP contribution is 2.32. The van der Waals surface area contributed by atoms with Gasteiger partial charge in [-0.05, 0) is 61.7 Å². The van der Waals surface area contributed by atoms with Gasteiger partial charge in [-0.3, -0.25) is 14.6 Å². The zero-order chi connectivity index (χ0) is 17.5. The van der Waals surface area contributed by atoms with Crippen LogP contribution >= 0.6 is 31.9 Å². The highest BCUT2D eigenvalue weighted by atomic mass is 79.9. The third kappa shape index (κ3) is 5.14. The molecule has 0 saturated heterocycles. The average Bonchev–Trinajstić information content (AvgIpc) is 2.58. The van der Waals surface area contributed by atoms with Crippen molar-refractivity contribution in [1.82, 2.24) is 15.7 Å². The summed E-state index contributed by atoms with van der Waals surface area (Å²) in [6.07, 6.45) is 4.37. The number of nitrogens with one attached hydrogen (secondary N) is 2. The average molecular weight is 456 g/mol. The van der Waals surface area contributed by atoms with Crippen LogP contribution in [-0.2, 0) is 4.79 Å². The number of rotatable bonds is 5. The number of hydrazone groups is 1. The third-order valence-corrected chi connectivity index (χ3v) is 3.98. The molecule has 1 aromatic carbocycles. The van der Waals surface area contributed by atoms with Crippen molar-refractivity contribution in [3.8, 4) is 5.75 Å². The van der Waals surface area contributed by atoms with Crippen molar-refractivity contribution >= 4 is 49.9 Å². The smallest absolute Gasteiger partial charge is 0.259 e. The van der Waals surface area contributed by atoms with Crippen LogP contribution < -0.4 is 10.7 Å². The fourth-order valence-corrected chi connectivity index (χ4v) is 2.86. The van der Waals surface area contributed by atoms with Gasteiger partial charge in [-0.1, -0.05) is 0 Å². The molecule has 9 heteroatoms. The Morgan fingerprint density at radius 3 is 2.62 bits per heavy atom. The van der Waals surface area contributed by atoms with Crippen LogP contribution in [0.2, 0.25) is 0 Å². The van der Waals surface area contributed by atoms with Gasteiger partial charge < -0.3 is 10.4 Å². The summed E-state index contributed by atoms with van der Waals surface area (Å²) >= 11 is 6.40. The first-order valence-corrected chi connectivity index (χ1v) is 8.24. The maximum atomic E-state index is 11.7. The number of benzene rings is 1. The summed E-state index contributed by atoms with van der Waals surface area (Å²) in [5, 5.41) is 15.9. The maximum Gasteiger partial charge on any atom is 0.259 e. The van der Waals surface area contributed by atoms with E-state index in [-0.39, 0.29) is 12.3 Å². The number of nitrogens with zero attached hydrogens (tertiary/aromatic N) is 2. The summed E-state index contributed by atoms with van der Waals surface area (Å²) in [4.78, 5) is 27.2. The van der Waals surface area contributed by atoms with Gasteiger partial charge in [0.15, 0.2) is 0 Å². The second kappa shape index (κ2) is 8.55. The van der Waals surface area contributed by atoms with Gasteiger partial charge in [0, 0.05) is 12.4 Å². The lowest BCUT2D eigenvalue weighted by Gasteiger charge is -2.04. The van der Waals surface area contributed by atoms with Gasteiger partial charge in [0.25, 0.3) is 11.8 Å². The molecule has 3 N–H and O–H groups in total. The first-order chi connectivity index (χ1) is 11.5. The predicted octanol–water partition coefficient (Wildman–Crippen LogP) is 2.19. The summed E-state index contributed by atoms with van der Waals surface area (Å²) in [6, 6.07) is 6.51. The quantitative estimate of drug-likeness (QED) is 0.474. The number of hydrogen-bond donors (Lipinski definition) is 3. The van der Waals surface area contributed by atoms with Crippen molar-refractivity contribution in [1.29, 1.82) is 0 Å². The van der Waals surface area contributed by atoms with E-state index in [4.69, 9.17) is 0 Å². The molecule has 0 fully saturated rings. The van der Waals surface area contributed by atoms with Gasteiger partial charge >= 0.3 is 0 Å². The maximum absolute atomic E-state index is 11.7. The molecule has 7 nitrogen and oxygen atoms in total. The molecule has 2 rings (SSSR count). The lowest BCUT2D eigenvalue weighted by molar-refractivity contribution is -0.120. The third-order valence-electron chi connectivity index (χ3n) is 2.78. The molecule has 2 amide bonds. The minimum Gasteiger partial charge on any atom is -0.506 e. The molecule has 0 bridgehead atoms. The largest absolute Gasteiger partial charge is 0.506 e. The lowest BCUT2D eigenvalue weighted by atomic mass is 10.2. The van der Waals surface area contributed by atoms with Crippen molar-refractivity contribution in [3.63, 3.8) is 0 Å². The van der Waals surface area contributed by atoms with Crippen molar-refractivity contribution < 1.29 is 14.7 Å². The minimum absolute atomic E-state index is 0.0781. The van der Waals surface area contributed by atoms with E-state index in [9.17, 15) is 14.7 Å². The van der Waals surface area contributed by atoms with E-state index in [0.29, 0.717) is 20.1 Å². The second-order valence-electron chi connectivity index (χ2n) is 4.55. The zero-order valence-electron chi connectivity index (χ0n) is 12.2. The summed E-state index contributed by atoms with van der Waals surface area (Å²) in [7, 11) is 0. The van der Waals surface area contributed by atoms with Gasteiger partial charge in [-0.15, -0.1) is 0 Å². The molecule has 0 unspecified atom stereocenters. The van der Waals surface area contributed by atoms with Crippen molar-refractivity contribution in [2.24, 2.45) is 5.10 Å². The van der Waals surface area contributed by atoms with Gasteiger partial charge in [-0.25, -0.2) is 5.43 Å². The van der Waals surface area contributed by atoms with Crippen LogP contribution in [0.25, 0.3) is 0 Å². The van der Waals surface area contributed by atoms with Crippen molar-refractivity contribution in [2.75, 3.05) is 6.54 Å². The minimum atomic E-state index is -0.472. The number of carbonyl (C=O) groups excluding carboxylic acids is 2. The monoisotopic (exact) mass is 454 g/mol. The number of hydrogen-bond acceptors (Lipinski definition) is 5. The summed E-state index contributed by atoms with van der Waals surface area (Å²) in [5.74, 6) is -0.789. The Hall–Kier alpha value is -2.26. The Labute approximate surface area is 154 Å². The summed E-state index contributed by atoms with van der Waals surface area (Å²) < 4.78 is 0.988. The number of aromatic hydroxyl groups is 1. The van der Waals surface area contributed by atoms with Gasteiger partial charge in [-0.2, -0.15) is 5.10 Å². The molecule has 0 spiro atoms. The normalized spacial score (nSPS) is 10.6. The SMILES string of the molecule is O=C(CNC(=O)c1cccnc1)N/N=C\c1cc(Br)c(O)c(Br)c1. The van der Waals surface area contributed by atoms with Gasteiger partial charge in [0.1, 0.15) is 5.75 Å². The lowest BCUT2D eigenvalue weighted by Crippen LogP contribution is -2.34. The van der Waals surface area contributed by atoms with Crippen LogP contribution in [0.3, 0.4) is 0 Å². The molecule has 0 aliphatic rings. The number of phenols is 1. The molecular formula is C15H12Br2N4O3. The number of aromatic nitrogens is 1. The summed E-state index contributed by atoms with van der Waals surface area (Å²) in [6.45, 7) is -0.214. The molecule has 24 heavy (non-hydrogen) atoms. The van der Waals surface area contributed by atoms with Crippen LogP contribution in [0.5, 0.6) is 5.75 Å². The second-order valence-corrected chi connectivity index (χ2v) is 6.26. The Morgan fingerprint density at radius 1 is 1.29 bits per heavy atom. The van der Waals surface area contributed by atoms with E-state index in [1.54, 1.807) is 30.5 Å². The first-order valence-electron chi connectivity index (χ1n) is 6.65. The highest BCUT2D eigenvalue weighted by molar-refractivity contribution is 9.11. The van der Waals surface area contributed by atoms with E-state index in [2.05, 4.69) is 52.7 Å². The Bertz CT molecular complexity index is 759. The standard InChI is InChI=1S/C15H12Br2N4O3/c16-11-4-9(5-12(17)14(11)23)6-20-21-13(22)8-19-15(24)10-2-1-3-18-7-10/h1-7,23H,8H2,(H,19,24)(H,21,22)/b20-6-. The van der Waals surface area contributed by atoms with Gasteiger partial charge in [0.2, 0.25) is 0 Å². The first kappa shape index (κ1) is 18.1. The number of phenolic OH excluding ortho intramolecular Hbond substituents is 1. The molecule has 0 aliphatic heterocycles. The Morgan fingerprint density at radius 2 is 2.00 bits per heavy atom. The molecule has 2 aromatic rings. The van der Waals surface area contributed by atoms with Crippen molar-refractivity contribution in [2.45, 2.75) is 0 Å². The van der Waals surface area contributed by atoms with Crippen LogP contribution in [0, 0.1) is 0 Å². The molecule has 0 aliphatic carbocycles. The summed E-state index contributed by atoms with van der Waals surface area (Å²) in [5.41, 5.74) is 3.33. The number of halogens is 2. The fourth-order valence-electron chi connectivity index (χ4n) is 1.64. The van der Waals surface area contributed by atoms with Crippen LogP contribution in [0.4, 0.5) is 0 Å². The number of carbonyl (C=O) groups is 2. The zero-order valence-corrected chi connectivity index (χ0v) is 15.3. The number of pyridine rings is 1. The van der Waals surface area contributed by atoms with Crippen LogP contribution in [0.1, 0.15) is 15.9 Å². The molecule has 1 aromatic heterocycles. The van der Waals surface area contributed by atoms with E-state index >= 15 is 0 Å². The van der Waals surface area contributed by atoms with E-state index in [0.717, 1.165) is 0 Å². The molecular weight excluding hydrogens is 444 g/mol. The topological polar surface area (TPSA) is 104 Å². The van der Waals surface area contributed by atoms with E-state index in [1.807, 2.05) is 0 Å².